The van der Waals surface area contributed by atoms with Crippen molar-refractivity contribution in [1.82, 2.24) is 29.5 Å². The molecule has 37 heavy (non-hydrogen) atoms. The van der Waals surface area contributed by atoms with Crippen molar-refractivity contribution < 1.29 is 9.18 Å². The van der Waals surface area contributed by atoms with Crippen LogP contribution in [0.2, 0.25) is 0 Å². The van der Waals surface area contributed by atoms with Gasteiger partial charge in [0, 0.05) is 47.4 Å². The zero-order chi connectivity index (χ0) is 26.3. The number of halogens is 1. The molecular weight excluding hydrogens is 471 g/mol. The highest BCUT2D eigenvalue weighted by molar-refractivity contribution is 6.00. The van der Waals surface area contributed by atoms with Gasteiger partial charge in [0.25, 0.3) is 0 Å². The Morgan fingerprint density at radius 2 is 1.68 bits per heavy atom. The van der Waals surface area contributed by atoms with Crippen LogP contribution >= 0.6 is 0 Å². The minimum absolute atomic E-state index is 0.279. The topological polar surface area (TPSA) is 103 Å². The first kappa shape index (κ1) is 24.1. The van der Waals surface area contributed by atoms with E-state index in [9.17, 15) is 9.18 Å². The predicted molar refractivity (Wildman–Crippen MR) is 141 cm³/mol. The van der Waals surface area contributed by atoms with Crippen LogP contribution < -0.4 is 10.6 Å². The summed E-state index contributed by atoms with van der Waals surface area (Å²) in [6.07, 6.45) is 6.23. The number of aryl methyl sites for hydroxylation is 2. The largest absolute Gasteiger partial charge is 0.324 e. The molecular formula is C27H27FN8O. The Morgan fingerprint density at radius 1 is 0.946 bits per heavy atom. The summed E-state index contributed by atoms with van der Waals surface area (Å²) in [6.45, 7) is 8.01. The van der Waals surface area contributed by atoms with Gasteiger partial charge in [-0.25, -0.2) is 13.9 Å². The molecule has 10 heteroatoms. The Morgan fingerprint density at radius 3 is 2.38 bits per heavy atom. The van der Waals surface area contributed by atoms with Gasteiger partial charge in [0.05, 0.1) is 41.2 Å². The van der Waals surface area contributed by atoms with Gasteiger partial charge in [-0.1, -0.05) is 32.9 Å². The first-order valence-corrected chi connectivity index (χ1v) is 11.8. The second-order valence-electron chi connectivity index (χ2n) is 9.88. The van der Waals surface area contributed by atoms with Crippen molar-refractivity contribution in [2.45, 2.75) is 33.1 Å². The number of carbonyl (C=O) groups excluding carboxylic acids is 1. The van der Waals surface area contributed by atoms with E-state index in [-0.39, 0.29) is 5.41 Å². The number of hydrogen-bond donors (Lipinski definition) is 2. The van der Waals surface area contributed by atoms with E-state index >= 15 is 0 Å². The Balaban J connectivity index is 1.38. The summed E-state index contributed by atoms with van der Waals surface area (Å²) in [5.74, 6) is -0.0931. The summed E-state index contributed by atoms with van der Waals surface area (Å²) >= 11 is 0. The molecule has 0 aliphatic rings. The number of amides is 2. The maximum absolute atomic E-state index is 13.8. The van der Waals surface area contributed by atoms with Crippen LogP contribution in [0.15, 0.2) is 61.2 Å². The van der Waals surface area contributed by atoms with E-state index in [2.05, 4.69) is 30.8 Å². The number of aromatic nitrogens is 6. The van der Waals surface area contributed by atoms with Crippen molar-refractivity contribution in [3.05, 3.63) is 78.4 Å². The summed E-state index contributed by atoms with van der Waals surface area (Å²) in [4.78, 5) is 21.2. The highest BCUT2D eigenvalue weighted by Gasteiger charge is 2.22. The number of benzene rings is 1. The van der Waals surface area contributed by atoms with Gasteiger partial charge < -0.3 is 5.32 Å². The fraction of sp³-hybridized carbons (Fsp3) is 0.222. The fourth-order valence-electron chi connectivity index (χ4n) is 4.18. The van der Waals surface area contributed by atoms with Crippen molar-refractivity contribution in [2.75, 3.05) is 10.6 Å². The summed E-state index contributed by atoms with van der Waals surface area (Å²) < 4.78 is 17.1. The molecule has 1 aromatic carbocycles. The molecule has 0 bridgehead atoms. The number of urea groups is 1. The van der Waals surface area contributed by atoms with Crippen LogP contribution in [-0.4, -0.2) is 35.6 Å². The molecule has 2 amide bonds. The molecule has 0 aliphatic heterocycles. The number of rotatable bonds is 4. The second kappa shape index (κ2) is 9.12. The molecule has 4 heterocycles. The molecule has 0 saturated carbocycles. The van der Waals surface area contributed by atoms with Crippen molar-refractivity contribution in [2.24, 2.45) is 7.05 Å². The quantitative estimate of drug-likeness (QED) is 0.336. The lowest BCUT2D eigenvalue weighted by atomic mass is 9.92. The average Bonchev–Trinajstić information content (AvgIpc) is 3.40. The normalized spacial score (nSPS) is 11.6. The van der Waals surface area contributed by atoms with Gasteiger partial charge in [-0.2, -0.15) is 10.2 Å². The molecule has 0 spiro atoms. The van der Waals surface area contributed by atoms with E-state index in [4.69, 9.17) is 0 Å². The highest BCUT2D eigenvalue weighted by atomic mass is 19.1. The third-order valence-corrected chi connectivity index (χ3v) is 6.04. The van der Waals surface area contributed by atoms with E-state index < -0.39 is 11.8 Å². The van der Waals surface area contributed by atoms with Crippen molar-refractivity contribution in [3.8, 4) is 16.8 Å². The first-order chi connectivity index (χ1) is 17.6. The highest BCUT2D eigenvalue weighted by Crippen LogP contribution is 2.31. The van der Waals surface area contributed by atoms with Gasteiger partial charge in [-0.05, 0) is 24.6 Å². The Hall–Kier alpha value is -4.60. The molecule has 0 saturated heterocycles. The zero-order valence-electron chi connectivity index (χ0n) is 21.2. The predicted octanol–water partition coefficient (Wildman–Crippen LogP) is 5.61. The van der Waals surface area contributed by atoms with Gasteiger partial charge in [-0.3, -0.25) is 20.0 Å². The van der Waals surface area contributed by atoms with Crippen LogP contribution in [0.3, 0.4) is 0 Å². The summed E-state index contributed by atoms with van der Waals surface area (Å²) in [5, 5.41) is 15.8. The molecule has 188 valence electrons. The molecule has 0 unspecified atom stereocenters. The van der Waals surface area contributed by atoms with Crippen LogP contribution in [-0.2, 0) is 12.5 Å². The molecule has 5 aromatic rings. The van der Waals surface area contributed by atoms with E-state index in [0.717, 1.165) is 39.6 Å². The molecule has 5 rings (SSSR count). The molecule has 0 radical (unpaired) electrons. The van der Waals surface area contributed by atoms with Crippen molar-refractivity contribution in [1.29, 1.82) is 0 Å². The lowest BCUT2D eigenvalue weighted by Crippen LogP contribution is -2.21. The number of hydrogen-bond acceptors (Lipinski definition) is 5. The number of nitrogens with zero attached hydrogens (tertiary/aromatic N) is 6. The number of nitrogens with one attached hydrogen (secondary N) is 2. The van der Waals surface area contributed by atoms with E-state index in [1.807, 2.05) is 69.9 Å². The smallest absolute Gasteiger partial charge is 0.308 e. The zero-order valence-corrected chi connectivity index (χ0v) is 21.2. The SMILES string of the molecule is Cc1nn(C)c2cncc(-c3ccc(NC(=O)Nc4cc(C(C)(C)C)nn4-c4cncc(F)c4)cc3)c12. The lowest BCUT2D eigenvalue weighted by molar-refractivity contribution is 0.262. The summed E-state index contributed by atoms with van der Waals surface area (Å²) in [6, 6.07) is 10.1. The van der Waals surface area contributed by atoms with E-state index in [0.29, 0.717) is 17.2 Å². The van der Waals surface area contributed by atoms with Gasteiger partial charge >= 0.3 is 6.03 Å². The second-order valence-corrected chi connectivity index (χ2v) is 9.88. The molecule has 9 nitrogen and oxygen atoms in total. The van der Waals surface area contributed by atoms with E-state index in [1.54, 1.807) is 12.3 Å². The standard InChI is InChI=1S/C27H27FN8O/c1-16-25-21(14-30-15-22(25)35(5)33-16)17-6-8-19(9-7-17)31-26(37)32-24-11-23(27(2,3)4)34-36(24)20-10-18(28)12-29-13-20/h6-15H,1-5H3,(H2,31,32,37). The summed E-state index contributed by atoms with van der Waals surface area (Å²) in [5.41, 5.74) is 5.30. The molecule has 0 fully saturated rings. The fourth-order valence-corrected chi connectivity index (χ4v) is 4.18. The number of pyridine rings is 2. The molecule has 0 atom stereocenters. The number of anilines is 2. The Kier molecular flexibility index (Phi) is 5.94. The van der Waals surface area contributed by atoms with Crippen LogP contribution in [0.4, 0.5) is 20.7 Å². The Labute approximate surface area is 213 Å². The van der Waals surface area contributed by atoms with Crippen LogP contribution in [0, 0.1) is 12.7 Å². The summed E-state index contributed by atoms with van der Waals surface area (Å²) in [7, 11) is 1.90. The third-order valence-electron chi connectivity index (χ3n) is 6.04. The first-order valence-electron chi connectivity index (χ1n) is 11.8. The van der Waals surface area contributed by atoms with Gasteiger partial charge in [0.2, 0.25) is 0 Å². The number of carbonyl (C=O) groups is 1. The third kappa shape index (κ3) is 4.77. The van der Waals surface area contributed by atoms with E-state index in [1.165, 1.54) is 16.9 Å². The molecule has 2 N–H and O–H groups in total. The van der Waals surface area contributed by atoms with Crippen molar-refractivity contribution in [3.63, 3.8) is 0 Å². The lowest BCUT2D eigenvalue weighted by Gasteiger charge is -2.14. The van der Waals surface area contributed by atoms with Gasteiger partial charge in [-0.15, -0.1) is 0 Å². The minimum Gasteiger partial charge on any atom is -0.308 e. The van der Waals surface area contributed by atoms with Gasteiger partial charge in [0.1, 0.15) is 11.6 Å². The maximum Gasteiger partial charge on any atom is 0.324 e. The van der Waals surface area contributed by atoms with Crippen LogP contribution in [0.25, 0.3) is 27.7 Å². The minimum atomic E-state index is -0.492. The van der Waals surface area contributed by atoms with Crippen LogP contribution in [0.1, 0.15) is 32.2 Å². The number of fused-ring (bicyclic) bond motifs is 1. The average molecular weight is 499 g/mol. The molecule has 0 aliphatic carbocycles. The maximum atomic E-state index is 13.8. The molecule has 4 aromatic heterocycles. The van der Waals surface area contributed by atoms with Crippen LogP contribution in [0.5, 0.6) is 0 Å². The Bertz CT molecular complexity index is 1610. The van der Waals surface area contributed by atoms with Gasteiger partial charge in [0.15, 0.2) is 0 Å². The van der Waals surface area contributed by atoms with Crippen molar-refractivity contribution >= 4 is 28.4 Å². The monoisotopic (exact) mass is 498 g/mol.